The summed E-state index contributed by atoms with van der Waals surface area (Å²) in [5.74, 6) is -0.269. The number of phenolic OH excluding ortho intramolecular Hbond substituents is 1. The molecule has 0 fully saturated rings. The Labute approximate surface area is 159 Å². The van der Waals surface area contributed by atoms with Crippen molar-refractivity contribution in [3.63, 3.8) is 0 Å². The molecule has 28 heavy (non-hydrogen) atoms. The van der Waals surface area contributed by atoms with Crippen LogP contribution in [0.1, 0.15) is 15.9 Å². The number of hydrogen-bond acceptors (Lipinski definition) is 6. The van der Waals surface area contributed by atoms with Gasteiger partial charge in [0.2, 0.25) is 0 Å². The van der Waals surface area contributed by atoms with Crippen LogP contribution in [0.15, 0.2) is 69.9 Å². The summed E-state index contributed by atoms with van der Waals surface area (Å²) in [4.78, 5) is 24.3. The number of carbonyl (C=O) groups excluding carboxylic acids is 1. The predicted octanol–water partition coefficient (Wildman–Crippen LogP) is 4.02. The first kappa shape index (κ1) is 17.6. The molecular weight excluding hydrogens is 360 g/mol. The molecule has 0 saturated carbocycles. The number of ether oxygens (including phenoxy) is 2. The zero-order chi connectivity index (χ0) is 19.7. The molecule has 0 aliphatic carbocycles. The van der Waals surface area contributed by atoms with Gasteiger partial charge < -0.3 is 19.0 Å². The molecule has 0 amide bonds. The third-order valence-corrected chi connectivity index (χ3v) is 4.52. The molecule has 0 spiro atoms. The Morgan fingerprint density at radius 2 is 1.86 bits per heavy atom. The van der Waals surface area contributed by atoms with Crippen LogP contribution in [-0.4, -0.2) is 18.2 Å². The molecule has 0 radical (unpaired) electrons. The van der Waals surface area contributed by atoms with Crippen molar-refractivity contribution >= 4 is 27.7 Å². The molecular formula is C22H16O6. The maximum Gasteiger partial charge on any atom is 0.342 e. The number of hydrogen-bond donors (Lipinski definition) is 1. The Morgan fingerprint density at radius 3 is 2.68 bits per heavy atom. The van der Waals surface area contributed by atoms with E-state index >= 15 is 0 Å². The van der Waals surface area contributed by atoms with E-state index in [1.54, 1.807) is 36.4 Å². The van der Waals surface area contributed by atoms with E-state index in [1.165, 1.54) is 19.2 Å². The standard InChI is InChI=1S/C22H16O6/c1-26-15-7-9-16-14(10-20(23)28-19(16)11-15)12-27-22(25)18-8-6-13-4-2-3-5-17(13)21(18)24/h2-11,24H,12H2,1H3. The SMILES string of the molecule is COc1ccc2c(COC(=O)c3ccc4ccccc4c3O)cc(=O)oc2c1. The monoisotopic (exact) mass is 376 g/mol. The number of phenols is 1. The van der Waals surface area contributed by atoms with E-state index in [1.807, 2.05) is 12.1 Å². The van der Waals surface area contributed by atoms with E-state index in [4.69, 9.17) is 13.9 Å². The smallest absolute Gasteiger partial charge is 0.342 e. The molecule has 0 aliphatic heterocycles. The largest absolute Gasteiger partial charge is 0.506 e. The Bertz CT molecular complexity index is 1260. The van der Waals surface area contributed by atoms with Gasteiger partial charge in [-0.1, -0.05) is 30.3 Å². The molecule has 3 aromatic carbocycles. The van der Waals surface area contributed by atoms with Crippen molar-refractivity contribution in [2.45, 2.75) is 6.61 Å². The van der Waals surface area contributed by atoms with Crippen molar-refractivity contribution in [2.24, 2.45) is 0 Å². The second-order valence-electron chi connectivity index (χ2n) is 6.21. The normalized spacial score (nSPS) is 10.9. The predicted molar refractivity (Wildman–Crippen MR) is 104 cm³/mol. The Hall–Kier alpha value is -3.80. The van der Waals surface area contributed by atoms with Gasteiger partial charge in [0.05, 0.1) is 7.11 Å². The summed E-state index contributed by atoms with van der Waals surface area (Å²) in [6.45, 7) is -0.139. The average molecular weight is 376 g/mol. The van der Waals surface area contributed by atoms with Crippen molar-refractivity contribution in [2.75, 3.05) is 7.11 Å². The molecule has 1 heterocycles. The summed E-state index contributed by atoms with van der Waals surface area (Å²) in [7, 11) is 1.51. The van der Waals surface area contributed by atoms with E-state index in [9.17, 15) is 14.7 Å². The zero-order valence-corrected chi connectivity index (χ0v) is 15.0. The van der Waals surface area contributed by atoms with Crippen molar-refractivity contribution < 1.29 is 23.8 Å². The van der Waals surface area contributed by atoms with E-state index < -0.39 is 11.6 Å². The van der Waals surface area contributed by atoms with Crippen LogP contribution in [0.4, 0.5) is 0 Å². The molecule has 6 nitrogen and oxygen atoms in total. The Balaban J connectivity index is 1.64. The van der Waals surface area contributed by atoms with Gasteiger partial charge in [0.25, 0.3) is 0 Å². The van der Waals surface area contributed by atoms with Crippen LogP contribution in [0.2, 0.25) is 0 Å². The molecule has 1 N–H and O–H groups in total. The molecule has 0 bridgehead atoms. The summed E-state index contributed by atoms with van der Waals surface area (Å²) in [6.07, 6.45) is 0. The number of carbonyl (C=O) groups is 1. The van der Waals surface area contributed by atoms with Gasteiger partial charge in [-0.3, -0.25) is 0 Å². The molecule has 0 aliphatic rings. The Kier molecular flexibility index (Phi) is 4.45. The lowest BCUT2D eigenvalue weighted by atomic mass is 10.1. The summed E-state index contributed by atoms with van der Waals surface area (Å²) in [5.41, 5.74) is 0.349. The highest BCUT2D eigenvalue weighted by Gasteiger charge is 2.16. The average Bonchev–Trinajstić information content (AvgIpc) is 2.71. The van der Waals surface area contributed by atoms with E-state index in [-0.39, 0.29) is 17.9 Å². The molecule has 1 aromatic heterocycles. The van der Waals surface area contributed by atoms with Crippen molar-refractivity contribution in [3.05, 3.63) is 82.2 Å². The lowest BCUT2D eigenvalue weighted by Gasteiger charge is -2.10. The van der Waals surface area contributed by atoms with Gasteiger partial charge in [-0.05, 0) is 23.6 Å². The highest BCUT2D eigenvalue weighted by molar-refractivity contribution is 6.01. The Morgan fingerprint density at radius 1 is 1.04 bits per heavy atom. The molecule has 0 saturated heterocycles. The van der Waals surface area contributed by atoms with E-state index in [0.717, 1.165) is 5.39 Å². The summed E-state index contributed by atoms with van der Waals surface area (Å²) >= 11 is 0. The van der Waals surface area contributed by atoms with Crippen molar-refractivity contribution in [1.29, 1.82) is 0 Å². The molecule has 4 aromatic rings. The number of benzene rings is 3. The van der Waals surface area contributed by atoms with Crippen LogP contribution in [0.3, 0.4) is 0 Å². The minimum Gasteiger partial charge on any atom is -0.506 e. The van der Waals surface area contributed by atoms with Gasteiger partial charge in [-0.15, -0.1) is 0 Å². The highest BCUT2D eigenvalue weighted by atomic mass is 16.5. The second-order valence-corrected chi connectivity index (χ2v) is 6.21. The van der Waals surface area contributed by atoms with E-state index in [0.29, 0.717) is 27.7 Å². The van der Waals surface area contributed by atoms with Gasteiger partial charge in [0.15, 0.2) is 0 Å². The van der Waals surface area contributed by atoms with Crippen LogP contribution < -0.4 is 10.4 Å². The molecule has 4 rings (SSSR count). The summed E-state index contributed by atoms with van der Waals surface area (Å²) < 4.78 is 15.7. The lowest BCUT2D eigenvalue weighted by Crippen LogP contribution is -2.08. The van der Waals surface area contributed by atoms with Crippen LogP contribution in [0.25, 0.3) is 21.7 Å². The maximum atomic E-state index is 12.5. The first-order valence-corrected chi connectivity index (χ1v) is 8.55. The van der Waals surface area contributed by atoms with Crippen LogP contribution in [-0.2, 0) is 11.3 Å². The quantitative estimate of drug-likeness (QED) is 0.428. The summed E-state index contributed by atoms with van der Waals surface area (Å²) in [5, 5.41) is 12.4. The molecule has 140 valence electrons. The van der Waals surface area contributed by atoms with E-state index in [2.05, 4.69) is 0 Å². The van der Waals surface area contributed by atoms with Crippen molar-refractivity contribution in [1.82, 2.24) is 0 Å². The third-order valence-electron chi connectivity index (χ3n) is 4.52. The minimum atomic E-state index is -0.682. The van der Waals surface area contributed by atoms with Gasteiger partial charge in [0, 0.05) is 28.5 Å². The lowest BCUT2D eigenvalue weighted by molar-refractivity contribution is 0.0471. The highest BCUT2D eigenvalue weighted by Crippen LogP contribution is 2.29. The van der Waals surface area contributed by atoms with Crippen LogP contribution >= 0.6 is 0 Å². The fourth-order valence-corrected chi connectivity index (χ4v) is 3.10. The van der Waals surface area contributed by atoms with Gasteiger partial charge in [0.1, 0.15) is 29.3 Å². The summed E-state index contributed by atoms with van der Waals surface area (Å²) in [6, 6.07) is 16.8. The number of methoxy groups -OCH3 is 1. The number of rotatable bonds is 4. The third kappa shape index (κ3) is 3.16. The van der Waals surface area contributed by atoms with Gasteiger partial charge in [-0.25, -0.2) is 9.59 Å². The topological polar surface area (TPSA) is 86.0 Å². The maximum absolute atomic E-state index is 12.5. The van der Waals surface area contributed by atoms with Gasteiger partial charge >= 0.3 is 11.6 Å². The first-order chi connectivity index (χ1) is 13.6. The van der Waals surface area contributed by atoms with Crippen LogP contribution in [0.5, 0.6) is 11.5 Å². The molecule has 0 unspecified atom stereocenters. The second kappa shape index (κ2) is 7.08. The number of aromatic hydroxyl groups is 1. The fourth-order valence-electron chi connectivity index (χ4n) is 3.10. The van der Waals surface area contributed by atoms with Crippen molar-refractivity contribution in [3.8, 4) is 11.5 Å². The fraction of sp³-hybridized carbons (Fsp3) is 0.0909. The number of fused-ring (bicyclic) bond motifs is 2. The van der Waals surface area contributed by atoms with Crippen LogP contribution in [0, 0.1) is 0 Å². The zero-order valence-electron chi connectivity index (χ0n) is 15.0. The molecule has 6 heteroatoms. The minimum absolute atomic E-state index is 0.0626. The molecule has 0 atom stereocenters. The first-order valence-electron chi connectivity index (χ1n) is 8.55. The van der Waals surface area contributed by atoms with Gasteiger partial charge in [-0.2, -0.15) is 0 Å². The number of esters is 1.